The van der Waals surface area contributed by atoms with E-state index in [1.165, 1.54) is 25.3 Å². The summed E-state index contributed by atoms with van der Waals surface area (Å²) in [6.45, 7) is 2.14. The molecule has 0 spiro atoms. The largest absolute Gasteiger partial charge is 0.453 e. The molecule has 0 atom stereocenters. The van der Waals surface area contributed by atoms with Crippen molar-refractivity contribution < 1.29 is 22.7 Å². The summed E-state index contributed by atoms with van der Waals surface area (Å²) < 4.78 is 43.7. The Balaban J connectivity index is 2.70. The van der Waals surface area contributed by atoms with E-state index >= 15 is 0 Å². The summed E-state index contributed by atoms with van der Waals surface area (Å²) in [7, 11) is 1.11. The molecule has 0 saturated carbocycles. The number of carbonyl (C=O) groups excluding carboxylic acids is 1. The third-order valence-electron chi connectivity index (χ3n) is 3.63. The van der Waals surface area contributed by atoms with Crippen LogP contribution in [0, 0.1) is 0 Å². The van der Waals surface area contributed by atoms with Crippen molar-refractivity contribution in [3.05, 3.63) is 29.3 Å². The third-order valence-corrected chi connectivity index (χ3v) is 3.63. The lowest BCUT2D eigenvalue weighted by atomic mass is 10.0. The summed E-state index contributed by atoms with van der Waals surface area (Å²) in [6, 6.07) is 4.01. The molecular weight excluding hydrogens is 307 g/mol. The molecule has 0 aliphatic rings. The van der Waals surface area contributed by atoms with Gasteiger partial charge < -0.3 is 4.74 Å². The SMILES string of the molecule is CCCCCCCCc1ccc(NC(=O)OC)c(C(F)(F)F)c1. The van der Waals surface area contributed by atoms with Crippen molar-refractivity contribution in [3.8, 4) is 0 Å². The number of methoxy groups -OCH3 is 1. The molecule has 1 aromatic rings. The van der Waals surface area contributed by atoms with Crippen molar-refractivity contribution in [1.82, 2.24) is 0 Å². The second-order valence-corrected chi connectivity index (χ2v) is 5.51. The minimum atomic E-state index is -4.52. The van der Waals surface area contributed by atoms with Crippen LogP contribution < -0.4 is 5.32 Å². The molecule has 0 radical (unpaired) electrons. The van der Waals surface area contributed by atoms with E-state index in [-0.39, 0.29) is 5.69 Å². The monoisotopic (exact) mass is 331 g/mol. The highest BCUT2D eigenvalue weighted by Gasteiger charge is 2.34. The summed E-state index contributed by atoms with van der Waals surface area (Å²) in [5.74, 6) is 0. The molecule has 0 bridgehead atoms. The Bertz CT molecular complexity index is 501. The van der Waals surface area contributed by atoms with Gasteiger partial charge in [-0.3, -0.25) is 5.32 Å². The van der Waals surface area contributed by atoms with Gasteiger partial charge >= 0.3 is 12.3 Å². The second kappa shape index (κ2) is 9.43. The second-order valence-electron chi connectivity index (χ2n) is 5.51. The quantitative estimate of drug-likeness (QED) is 0.613. The number of carbonyl (C=O) groups is 1. The van der Waals surface area contributed by atoms with Gasteiger partial charge in [-0.25, -0.2) is 4.79 Å². The van der Waals surface area contributed by atoms with Crippen LogP contribution in [-0.2, 0) is 17.3 Å². The highest BCUT2D eigenvalue weighted by molar-refractivity contribution is 5.85. The standard InChI is InChI=1S/C17H24F3NO2/c1-3-4-5-6-7-8-9-13-10-11-15(21-16(22)23-2)14(12-13)17(18,19)20/h10-12H,3-9H2,1-2H3,(H,21,22). The average molecular weight is 331 g/mol. The topological polar surface area (TPSA) is 38.3 Å². The molecule has 0 saturated heterocycles. The number of aryl methyl sites for hydroxylation is 1. The van der Waals surface area contributed by atoms with E-state index in [4.69, 9.17) is 0 Å². The van der Waals surface area contributed by atoms with Crippen LogP contribution in [0.25, 0.3) is 0 Å². The molecule has 1 amide bonds. The lowest BCUT2D eigenvalue weighted by Crippen LogP contribution is -2.16. The van der Waals surface area contributed by atoms with E-state index in [0.717, 1.165) is 32.4 Å². The number of nitrogens with one attached hydrogen (secondary N) is 1. The molecule has 0 unspecified atom stereocenters. The predicted molar refractivity (Wildman–Crippen MR) is 84.6 cm³/mol. The Kier molecular flexibility index (Phi) is 7.92. The van der Waals surface area contributed by atoms with Crippen LogP contribution in [0.2, 0.25) is 0 Å². The van der Waals surface area contributed by atoms with Gasteiger partial charge in [-0.2, -0.15) is 13.2 Å². The molecule has 0 aliphatic carbocycles. The first-order valence-electron chi connectivity index (χ1n) is 7.93. The van der Waals surface area contributed by atoms with Crippen molar-refractivity contribution in [1.29, 1.82) is 0 Å². The fraction of sp³-hybridized carbons (Fsp3) is 0.588. The van der Waals surface area contributed by atoms with Crippen LogP contribution in [0.15, 0.2) is 18.2 Å². The zero-order valence-corrected chi connectivity index (χ0v) is 13.6. The van der Waals surface area contributed by atoms with E-state index in [1.807, 2.05) is 0 Å². The molecule has 0 heterocycles. The Morgan fingerprint density at radius 2 is 1.78 bits per heavy atom. The smallest absolute Gasteiger partial charge is 0.418 e. The summed E-state index contributed by atoms with van der Waals surface area (Å²) in [5.41, 5.74) is -0.495. The maximum absolute atomic E-state index is 13.1. The number of hydrogen-bond acceptors (Lipinski definition) is 2. The number of anilines is 1. The molecule has 23 heavy (non-hydrogen) atoms. The first kappa shape index (κ1) is 19.3. The Morgan fingerprint density at radius 3 is 2.39 bits per heavy atom. The first-order valence-corrected chi connectivity index (χ1v) is 7.93. The number of amides is 1. The zero-order chi connectivity index (χ0) is 17.3. The maximum atomic E-state index is 13.1. The molecule has 1 aromatic carbocycles. The van der Waals surface area contributed by atoms with E-state index < -0.39 is 17.8 Å². The number of unbranched alkanes of at least 4 members (excludes halogenated alkanes) is 5. The number of benzene rings is 1. The average Bonchev–Trinajstić information content (AvgIpc) is 2.50. The molecule has 0 aliphatic heterocycles. The Morgan fingerprint density at radius 1 is 1.13 bits per heavy atom. The van der Waals surface area contributed by atoms with E-state index in [0.29, 0.717) is 12.0 Å². The van der Waals surface area contributed by atoms with Gasteiger partial charge in [-0.05, 0) is 30.5 Å². The zero-order valence-electron chi connectivity index (χ0n) is 13.6. The number of halogens is 3. The highest BCUT2D eigenvalue weighted by atomic mass is 19.4. The Hall–Kier alpha value is -1.72. The van der Waals surface area contributed by atoms with E-state index in [2.05, 4.69) is 17.0 Å². The first-order chi connectivity index (χ1) is 10.9. The summed E-state index contributed by atoms with van der Waals surface area (Å²) in [4.78, 5) is 11.1. The molecule has 1 rings (SSSR count). The number of ether oxygens (including phenoxy) is 1. The van der Waals surface area contributed by atoms with Crippen LogP contribution >= 0.6 is 0 Å². The maximum Gasteiger partial charge on any atom is 0.418 e. The number of hydrogen-bond donors (Lipinski definition) is 1. The van der Waals surface area contributed by atoms with Gasteiger partial charge in [0.1, 0.15) is 0 Å². The van der Waals surface area contributed by atoms with Crippen LogP contribution in [0.3, 0.4) is 0 Å². The molecule has 130 valence electrons. The minimum Gasteiger partial charge on any atom is -0.453 e. The lowest BCUT2D eigenvalue weighted by Gasteiger charge is -2.15. The summed E-state index contributed by atoms with van der Waals surface area (Å²) in [5, 5.41) is 2.10. The molecule has 0 fully saturated rings. The van der Waals surface area contributed by atoms with Gasteiger partial charge in [0, 0.05) is 0 Å². The normalized spacial score (nSPS) is 11.3. The van der Waals surface area contributed by atoms with Gasteiger partial charge in [-0.1, -0.05) is 45.1 Å². The van der Waals surface area contributed by atoms with Crippen molar-refractivity contribution in [2.75, 3.05) is 12.4 Å². The highest BCUT2D eigenvalue weighted by Crippen LogP contribution is 2.35. The van der Waals surface area contributed by atoms with Crippen molar-refractivity contribution >= 4 is 11.8 Å². The minimum absolute atomic E-state index is 0.281. The van der Waals surface area contributed by atoms with Crippen molar-refractivity contribution in [2.45, 2.75) is 58.0 Å². The molecule has 3 nitrogen and oxygen atoms in total. The van der Waals surface area contributed by atoms with Crippen LogP contribution in [-0.4, -0.2) is 13.2 Å². The van der Waals surface area contributed by atoms with Crippen LogP contribution in [0.1, 0.15) is 56.6 Å². The van der Waals surface area contributed by atoms with Crippen molar-refractivity contribution in [3.63, 3.8) is 0 Å². The van der Waals surface area contributed by atoms with Gasteiger partial charge in [0.05, 0.1) is 18.4 Å². The molecule has 1 N–H and O–H groups in total. The van der Waals surface area contributed by atoms with Gasteiger partial charge in [-0.15, -0.1) is 0 Å². The summed E-state index contributed by atoms with van der Waals surface area (Å²) in [6.07, 6.45) is 1.71. The lowest BCUT2D eigenvalue weighted by molar-refractivity contribution is -0.137. The van der Waals surface area contributed by atoms with Crippen LogP contribution in [0.5, 0.6) is 0 Å². The molecular formula is C17H24F3NO2. The van der Waals surface area contributed by atoms with E-state index in [1.54, 1.807) is 6.07 Å². The fourth-order valence-electron chi connectivity index (χ4n) is 2.36. The fourth-order valence-corrected chi connectivity index (χ4v) is 2.36. The molecule has 0 aromatic heterocycles. The third kappa shape index (κ3) is 6.93. The number of rotatable bonds is 8. The molecule has 6 heteroatoms. The van der Waals surface area contributed by atoms with Crippen molar-refractivity contribution in [2.24, 2.45) is 0 Å². The predicted octanol–water partition coefficient (Wildman–Crippen LogP) is 5.79. The van der Waals surface area contributed by atoms with Crippen LogP contribution in [0.4, 0.5) is 23.7 Å². The van der Waals surface area contributed by atoms with Gasteiger partial charge in [0.15, 0.2) is 0 Å². The van der Waals surface area contributed by atoms with E-state index in [9.17, 15) is 18.0 Å². The number of alkyl halides is 3. The Labute approximate surface area is 135 Å². The summed E-state index contributed by atoms with van der Waals surface area (Å²) >= 11 is 0. The van der Waals surface area contributed by atoms with Gasteiger partial charge in [0.25, 0.3) is 0 Å². The van der Waals surface area contributed by atoms with Gasteiger partial charge in [0.2, 0.25) is 0 Å².